The van der Waals surface area contributed by atoms with Gasteiger partial charge in [-0.25, -0.2) is 8.42 Å². The second-order valence-electron chi connectivity index (χ2n) is 8.27. The number of hydrogen-bond donors (Lipinski definition) is 0. The van der Waals surface area contributed by atoms with E-state index in [1.807, 2.05) is 18.7 Å². The number of sulfonamides is 1. The maximum atomic E-state index is 13.1. The zero-order chi connectivity index (χ0) is 22.1. The number of halogens is 3. The molecule has 30 heavy (non-hydrogen) atoms. The minimum atomic E-state index is -4.37. The van der Waals surface area contributed by atoms with Gasteiger partial charge in [0.25, 0.3) is 0 Å². The molecule has 2 saturated heterocycles. The van der Waals surface area contributed by atoms with Crippen molar-refractivity contribution in [1.29, 1.82) is 0 Å². The van der Waals surface area contributed by atoms with Crippen LogP contribution in [0.5, 0.6) is 0 Å². The summed E-state index contributed by atoms with van der Waals surface area (Å²) in [5, 5.41) is 0. The Morgan fingerprint density at radius 1 is 1.10 bits per heavy atom. The first kappa shape index (κ1) is 23.0. The van der Waals surface area contributed by atoms with E-state index in [1.54, 1.807) is 11.0 Å². The molecule has 0 bridgehead atoms. The van der Waals surface area contributed by atoms with Crippen LogP contribution in [-0.2, 0) is 27.5 Å². The van der Waals surface area contributed by atoms with Crippen LogP contribution in [0.15, 0.2) is 24.3 Å². The number of amides is 1. The number of carbonyl (C=O) groups excluding carboxylic acids is 1. The molecule has 2 heterocycles. The van der Waals surface area contributed by atoms with E-state index in [4.69, 9.17) is 0 Å². The number of carbonyl (C=O) groups is 1. The van der Waals surface area contributed by atoms with Gasteiger partial charge in [-0.3, -0.25) is 9.69 Å². The molecule has 1 atom stereocenters. The largest absolute Gasteiger partial charge is 0.416 e. The zero-order valence-corrected chi connectivity index (χ0v) is 18.0. The van der Waals surface area contributed by atoms with Crippen LogP contribution in [0.25, 0.3) is 0 Å². The SMILES string of the molecule is CC(C)[C@H](C(=O)N1CCN(Cc2cccc(C(F)(F)F)c2)CC1)N1CCCS1(=O)=O. The summed E-state index contributed by atoms with van der Waals surface area (Å²) in [6, 6.07) is 4.58. The fourth-order valence-electron chi connectivity index (χ4n) is 4.13. The first-order chi connectivity index (χ1) is 14.0. The van der Waals surface area contributed by atoms with E-state index < -0.39 is 27.8 Å². The van der Waals surface area contributed by atoms with Gasteiger partial charge in [-0.05, 0) is 24.0 Å². The molecule has 2 aliphatic heterocycles. The van der Waals surface area contributed by atoms with Crippen LogP contribution >= 0.6 is 0 Å². The minimum absolute atomic E-state index is 0.0776. The molecule has 10 heteroatoms. The predicted molar refractivity (Wildman–Crippen MR) is 107 cm³/mol. The Morgan fingerprint density at radius 3 is 2.30 bits per heavy atom. The van der Waals surface area contributed by atoms with Gasteiger partial charge in [-0.2, -0.15) is 17.5 Å². The summed E-state index contributed by atoms with van der Waals surface area (Å²) < 4.78 is 64.7. The molecule has 0 aliphatic carbocycles. The summed E-state index contributed by atoms with van der Waals surface area (Å²) in [6.45, 7) is 6.34. The number of piperazine rings is 1. The highest BCUT2D eigenvalue weighted by Crippen LogP contribution is 2.30. The maximum Gasteiger partial charge on any atom is 0.416 e. The summed E-state index contributed by atoms with van der Waals surface area (Å²) >= 11 is 0. The number of nitrogens with zero attached hydrogens (tertiary/aromatic N) is 3. The molecule has 0 unspecified atom stereocenters. The lowest BCUT2D eigenvalue weighted by atomic mass is 10.0. The molecule has 1 aromatic rings. The number of hydrogen-bond acceptors (Lipinski definition) is 4. The molecule has 168 valence electrons. The van der Waals surface area contributed by atoms with E-state index in [0.717, 1.165) is 12.1 Å². The Labute approximate surface area is 175 Å². The first-order valence-corrected chi connectivity index (χ1v) is 11.8. The Hall–Kier alpha value is -1.65. The van der Waals surface area contributed by atoms with E-state index in [0.29, 0.717) is 51.3 Å². The molecule has 2 aliphatic rings. The third-order valence-corrected chi connectivity index (χ3v) is 7.61. The Morgan fingerprint density at radius 2 is 1.77 bits per heavy atom. The number of alkyl halides is 3. The lowest BCUT2D eigenvalue weighted by Crippen LogP contribution is -2.56. The molecule has 0 radical (unpaired) electrons. The highest BCUT2D eigenvalue weighted by atomic mass is 32.2. The molecule has 0 N–H and O–H groups in total. The second kappa shape index (κ2) is 8.84. The van der Waals surface area contributed by atoms with Crippen LogP contribution in [0.1, 0.15) is 31.4 Å². The summed E-state index contributed by atoms with van der Waals surface area (Å²) in [5.41, 5.74) is -0.0896. The fraction of sp³-hybridized carbons (Fsp3) is 0.650. The van der Waals surface area contributed by atoms with Crippen molar-refractivity contribution in [3.05, 3.63) is 35.4 Å². The van der Waals surface area contributed by atoms with Gasteiger partial charge in [0.2, 0.25) is 15.9 Å². The van der Waals surface area contributed by atoms with E-state index in [1.165, 1.54) is 10.4 Å². The van der Waals surface area contributed by atoms with Gasteiger partial charge in [0.15, 0.2) is 0 Å². The zero-order valence-electron chi connectivity index (χ0n) is 17.2. The van der Waals surface area contributed by atoms with Crippen molar-refractivity contribution < 1.29 is 26.4 Å². The van der Waals surface area contributed by atoms with Crippen LogP contribution in [0, 0.1) is 5.92 Å². The Bertz CT molecular complexity index is 866. The molecule has 6 nitrogen and oxygen atoms in total. The summed E-state index contributed by atoms with van der Waals surface area (Å²) in [6.07, 6.45) is -3.84. The first-order valence-electron chi connectivity index (χ1n) is 10.2. The van der Waals surface area contributed by atoms with Crippen molar-refractivity contribution in [3.8, 4) is 0 Å². The van der Waals surface area contributed by atoms with E-state index in [9.17, 15) is 26.4 Å². The van der Waals surface area contributed by atoms with Crippen LogP contribution in [0.3, 0.4) is 0 Å². The average Bonchev–Trinajstić information content (AvgIpc) is 3.00. The van der Waals surface area contributed by atoms with Crippen LogP contribution < -0.4 is 0 Å². The predicted octanol–water partition coefficient (Wildman–Crippen LogP) is 2.41. The van der Waals surface area contributed by atoms with Crippen molar-refractivity contribution in [3.63, 3.8) is 0 Å². The van der Waals surface area contributed by atoms with Crippen molar-refractivity contribution in [2.24, 2.45) is 5.92 Å². The summed E-state index contributed by atoms with van der Waals surface area (Å²) in [4.78, 5) is 16.8. The molecule has 3 rings (SSSR count). The fourth-order valence-corrected chi connectivity index (χ4v) is 5.95. The van der Waals surface area contributed by atoms with Crippen molar-refractivity contribution >= 4 is 15.9 Å². The highest BCUT2D eigenvalue weighted by molar-refractivity contribution is 7.89. The van der Waals surface area contributed by atoms with Crippen LogP contribution in [-0.4, -0.2) is 72.9 Å². The maximum absolute atomic E-state index is 13.1. The van der Waals surface area contributed by atoms with Gasteiger partial charge in [-0.15, -0.1) is 0 Å². The van der Waals surface area contributed by atoms with Gasteiger partial charge in [0, 0.05) is 39.3 Å². The normalized spacial score (nSPS) is 21.9. The smallest absolute Gasteiger partial charge is 0.339 e. The van der Waals surface area contributed by atoms with Crippen LogP contribution in [0.2, 0.25) is 0 Å². The van der Waals surface area contributed by atoms with E-state index in [-0.39, 0.29) is 17.6 Å². The lowest BCUT2D eigenvalue weighted by molar-refractivity contribution is -0.139. The monoisotopic (exact) mass is 447 g/mol. The molecule has 0 spiro atoms. The Kier molecular flexibility index (Phi) is 6.78. The third-order valence-electron chi connectivity index (χ3n) is 5.68. The summed E-state index contributed by atoms with van der Waals surface area (Å²) in [7, 11) is -3.40. The molecule has 0 aromatic heterocycles. The van der Waals surface area contributed by atoms with Gasteiger partial charge in [0.1, 0.15) is 6.04 Å². The molecular formula is C20H28F3N3O3S. The quantitative estimate of drug-likeness (QED) is 0.696. The molecular weight excluding hydrogens is 419 g/mol. The average molecular weight is 448 g/mol. The van der Waals surface area contributed by atoms with Gasteiger partial charge >= 0.3 is 6.18 Å². The third kappa shape index (κ3) is 5.15. The van der Waals surface area contributed by atoms with E-state index >= 15 is 0 Å². The number of rotatable bonds is 5. The van der Waals surface area contributed by atoms with Crippen molar-refractivity contribution in [1.82, 2.24) is 14.1 Å². The van der Waals surface area contributed by atoms with Gasteiger partial charge < -0.3 is 4.90 Å². The topological polar surface area (TPSA) is 60.9 Å². The van der Waals surface area contributed by atoms with Crippen molar-refractivity contribution in [2.75, 3.05) is 38.5 Å². The standard InChI is InChI=1S/C20H28F3N3O3S/c1-15(2)18(26-7-4-12-30(26,28)29)19(27)25-10-8-24(9-11-25)14-16-5-3-6-17(13-16)20(21,22)23/h3,5-6,13,15,18H,4,7-12,14H2,1-2H3/t18-/m1/s1. The molecule has 1 amide bonds. The van der Waals surface area contributed by atoms with Gasteiger partial charge in [0.05, 0.1) is 11.3 Å². The highest BCUT2D eigenvalue weighted by Gasteiger charge is 2.42. The van der Waals surface area contributed by atoms with E-state index in [2.05, 4.69) is 0 Å². The van der Waals surface area contributed by atoms with Crippen LogP contribution in [0.4, 0.5) is 13.2 Å². The minimum Gasteiger partial charge on any atom is -0.339 e. The molecule has 0 saturated carbocycles. The Balaban J connectivity index is 1.61. The molecule has 1 aromatic carbocycles. The van der Waals surface area contributed by atoms with Crippen molar-refractivity contribution in [2.45, 2.75) is 39.0 Å². The second-order valence-corrected chi connectivity index (χ2v) is 10.3. The summed E-state index contributed by atoms with van der Waals surface area (Å²) in [5.74, 6) is -0.253. The molecule has 2 fully saturated rings. The number of benzene rings is 1. The lowest BCUT2D eigenvalue weighted by Gasteiger charge is -2.39. The van der Waals surface area contributed by atoms with Gasteiger partial charge in [-0.1, -0.05) is 32.0 Å².